The first-order valence-electron chi connectivity index (χ1n) is 9.03. The highest BCUT2D eigenvalue weighted by atomic mass is 35.5. The maximum atomic E-state index is 13.8. The number of aryl methyl sites for hydroxylation is 1. The number of carbonyl (C=O) groups excluding carboxylic acids is 1. The van der Waals surface area contributed by atoms with Crippen molar-refractivity contribution < 1.29 is 22.3 Å². The molecule has 2 rings (SSSR count). The second kappa shape index (κ2) is 10.9. The number of halogens is 2. The number of amides is 1. The van der Waals surface area contributed by atoms with Crippen LogP contribution in [0.1, 0.15) is 11.1 Å². The molecule has 0 aliphatic carbocycles. The van der Waals surface area contributed by atoms with E-state index in [2.05, 4.69) is 5.32 Å². The predicted octanol–water partition coefficient (Wildman–Crippen LogP) is 3.61. The summed E-state index contributed by atoms with van der Waals surface area (Å²) in [5, 5.41) is 3.05. The Balaban J connectivity index is 1.94. The smallest absolute Gasteiger partial charge is 0.240 e. The van der Waals surface area contributed by atoms with Crippen LogP contribution in [0.5, 0.6) is 5.75 Å². The zero-order valence-corrected chi connectivity index (χ0v) is 19.3. The average molecular weight is 475 g/mol. The molecule has 1 N–H and O–H groups in total. The van der Waals surface area contributed by atoms with Gasteiger partial charge in [-0.15, -0.1) is 0 Å². The normalized spacial score (nSPS) is 11.2. The molecule has 6 nitrogen and oxygen atoms in total. The van der Waals surface area contributed by atoms with Gasteiger partial charge in [0.05, 0.1) is 19.1 Å². The van der Waals surface area contributed by atoms with E-state index in [1.807, 2.05) is 6.92 Å². The molecule has 0 aliphatic heterocycles. The number of benzene rings is 2. The molecule has 0 radical (unpaired) electrons. The summed E-state index contributed by atoms with van der Waals surface area (Å²) >= 11 is 7.41. The minimum atomic E-state index is -3.71. The third-order valence-electron chi connectivity index (χ3n) is 4.17. The summed E-state index contributed by atoms with van der Waals surface area (Å²) in [5.41, 5.74) is 1.56. The first-order chi connectivity index (χ1) is 14.1. The predicted molar refractivity (Wildman–Crippen MR) is 121 cm³/mol. The first kappa shape index (κ1) is 24.3. The summed E-state index contributed by atoms with van der Waals surface area (Å²) in [6, 6.07) is 9.63. The van der Waals surface area contributed by atoms with Gasteiger partial charge < -0.3 is 10.1 Å². The highest BCUT2D eigenvalue weighted by Crippen LogP contribution is 2.30. The number of methoxy groups -OCH3 is 1. The number of anilines is 1. The quantitative estimate of drug-likeness (QED) is 0.532. The molecule has 0 heterocycles. The Morgan fingerprint density at radius 3 is 2.67 bits per heavy atom. The standard InChI is InChI=1S/C20H24ClFN2O4S2/c1-14-7-8-19(28-2)18(11-14)24(30(3,26)27)12-20(25)23-9-10-29-13-15-16(21)5-4-6-17(15)22/h4-8,11H,9-10,12-13H2,1-3H3,(H,23,25). The van der Waals surface area contributed by atoms with E-state index < -0.39 is 15.9 Å². The lowest BCUT2D eigenvalue weighted by molar-refractivity contribution is -0.119. The van der Waals surface area contributed by atoms with Gasteiger partial charge in [0.1, 0.15) is 18.1 Å². The van der Waals surface area contributed by atoms with Gasteiger partial charge in [0, 0.05) is 28.6 Å². The van der Waals surface area contributed by atoms with E-state index in [4.69, 9.17) is 16.3 Å². The number of sulfonamides is 1. The summed E-state index contributed by atoms with van der Waals surface area (Å²) in [6.07, 6.45) is 1.04. The fourth-order valence-electron chi connectivity index (χ4n) is 2.67. The number of thioether (sulfide) groups is 1. The van der Waals surface area contributed by atoms with Crippen LogP contribution in [0, 0.1) is 12.7 Å². The molecule has 10 heteroatoms. The molecule has 2 aromatic carbocycles. The minimum absolute atomic E-state index is 0.304. The molecule has 0 spiro atoms. The van der Waals surface area contributed by atoms with Gasteiger partial charge in [-0.3, -0.25) is 9.10 Å². The zero-order chi connectivity index (χ0) is 22.3. The number of rotatable bonds is 10. The van der Waals surface area contributed by atoms with Crippen LogP contribution in [0.2, 0.25) is 5.02 Å². The van der Waals surface area contributed by atoms with Gasteiger partial charge in [-0.05, 0) is 36.8 Å². The fourth-order valence-corrected chi connectivity index (χ4v) is 4.72. The second-order valence-electron chi connectivity index (χ2n) is 6.55. The van der Waals surface area contributed by atoms with Gasteiger partial charge in [0.2, 0.25) is 15.9 Å². The fraction of sp³-hybridized carbons (Fsp3) is 0.350. The summed E-state index contributed by atoms with van der Waals surface area (Å²) in [4.78, 5) is 12.4. The Morgan fingerprint density at radius 1 is 1.30 bits per heavy atom. The van der Waals surface area contributed by atoms with Gasteiger partial charge in [-0.2, -0.15) is 11.8 Å². The SMILES string of the molecule is COc1ccc(C)cc1N(CC(=O)NCCSCc1c(F)cccc1Cl)S(C)(=O)=O. The maximum Gasteiger partial charge on any atom is 0.240 e. The van der Waals surface area contributed by atoms with Crippen LogP contribution < -0.4 is 14.4 Å². The number of nitrogens with one attached hydrogen (secondary N) is 1. The molecule has 1 amide bonds. The third-order valence-corrected chi connectivity index (χ3v) is 6.63. The van der Waals surface area contributed by atoms with E-state index in [-0.39, 0.29) is 12.4 Å². The van der Waals surface area contributed by atoms with E-state index in [1.54, 1.807) is 30.3 Å². The Bertz CT molecular complexity index is 982. The lowest BCUT2D eigenvalue weighted by Gasteiger charge is -2.24. The molecule has 2 aromatic rings. The van der Waals surface area contributed by atoms with Crippen LogP contribution in [0.3, 0.4) is 0 Å². The van der Waals surface area contributed by atoms with E-state index in [0.717, 1.165) is 16.1 Å². The lowest BCUT2D eigenvalue weighted by Crippen LogP contribution is -2.41. The van der Waals surface area contributed by atoms with Gasteiger partial charge in [-0.1, -0.05) is 23.7 Å². The van der Waals surface area contributed by atoms with Crippen molar-refractivity contribution in [2.75, 3.05) is 36.5 Å². The highest BCUT2D eigenvalue weighted by Gasteiger charge is 2.24. The van der Waals surface area contributed by atoms with Crippen LogP contribution in [0.15, 0.2) is 36.4 Å². The number of ether oxygens (including phenoxy) is 1. The lowest BCUT2D eigenvalue weighted by atomic mass is 10.2. The average Bonchev–Trinajstić information content (AvgIpc) is 2.67. The summed E-state index contributed by atoms with van der Waals surface area (Å²) < 4.78 is 44.6. The van der Waals surface area contributed by atoms with Crippen LogP contribution in [0.4, 0.5) is 10.1 Å². The van der Waals surface area contributed by atoms with E-state index in [0.29, 0.717) is 40.1 Å². The van der Waals surface area contributed by atoms with Crippen LogP contribution in [-0.4, -0.2) is 46.5 Å². The summed E-state index contributed by atoms with van der Waals surface area (Å²) in [5.74, 6) is 0.431. The van der Waals surface area contributed by atoms with Crippen molar-refractivity contribution in [3.8, 4) is 5.75 Å². The van der Waals surface area contributed by atoms with Gasteiger partial charge >= 0.3 is 0 Å². The number of carbonyl (C=O) groups is 1. The Hall–Kier alpha value is -1.97. The maximum absolute atomic E-state index is 13.8. The van der Waals surface area contributed by atoms with E-state index in [1.165, 1.54) is 24.9 Å². The first-order valence-corrected chi connectivity index (χ1v) is 12.4. The van der Waals surface area contributed by atoms with Crippen molar-refractivity contribution in [2.45, 2.75) is 12.7 Å². The van der Waals surface area contributed by atoms with Gasteiger partial charge in [0.25, 0.3) is 0 Å². The van der Waals surface area contributed by atoms with Crippen molar-refractivity contribution in [2.24, 2.45) is 0 Å². The van der Waals surface area contributed by atoms with Crippen LogP contribution >= 0.6 is 23.4 Å². The summed E-state index contributed by atoms with van der Waals surface area (Å²) in [7, 11) is -2.27. The molecular weight excluding hydrogens is 451 g/mol. The molecule has 164 valence electrons. The molecule has 0 bridgehead atoms. The number of nitrogens with zero attached hydrogens (tertiary/aromatic N) is 1. The highest BCUT2D eigenvalue weighted by molar-refractivity contribution is 7.98. The Kier molecular flexibility index (Phi) is 8.81. The molecular formula is C20H24ClFN2O4S2. The largest absolute Gasteiger partial charge is 0.495 e. The molecule has 0 saturated carbocycles. The molecule has 0 saturated heterocycles. The molecule has 0 aromatic heterocycles. The second-order valence-corrected chi connectivity index (χ2v) is 9.97. The van der Waals surface area contributed by atoms with Crippen molar-refractivity contribution in [3.05, 3.63) is 58.4 Å². The van der Waals surface area contributed by atoms with Crippen LogP contribution in [0.25, 0.3) is 0 Å². The van der Waals surface area contributed by atoms with E-state index >= 15 is 0 Å². The Labute approximate surface area is 185 Å². The van der Waals surface area contributed by atoms with Crippen molar-refractivity contribution in [1.29, 1.82) is 0 Å². The topological polar surface area (TPSA) is 75.7 Å². The van der Waals surface area contributed by atoms with Gasteiger partial charge in [0.15, 0.2) is 0 Å². The van der Waals surface area contributed by atoms with E-state index in [9.17, 15) is 17.6 Å². The van der Waals surface area contributed by atoms with Crippen molar-refractivity contribution >= 4 is 45.0 Å². The minimum Gasteiger partial charge on any atom is -0.495 e. The molecule has 0 atom stereocenters. The Morgan fingerprint density at radius 2 is 2.03 bits per heavy atom. The number of hydrogen-bond acceptors (Lipinski definition) is 5. The van der Waals surface area contributed by atoms with Gasteiger partial charge in [-0.25, -0.2) is 12.8 Å². The van der Waals surface area contributed by atoms with Crippen molar-refractivity contribution in [1.82, 2.24) is 5.32 Å². The zero-order valence-electron chi connectivity index (χ0n) is 16.9. The number of hydrogen-bond donors (Lipinski definition) is 1. The van der Waals surface area contributed by atoms with Crippen LogP contribution in [-0.2, 0) is 20.6 Å². The molecule has 0 fully saturated rings. The summed E-state index contributed by atoms with van der Waals surface area (Å²) in [6.45, 7) is 1.75. The molecule has 0 unspecified atom stereocenters. The monoisotopic (exact) mass is 474 g/mol. The van der Waals surface area contributed by atoms with Crippen molar-refractivity contribution in [3.63, 3.8) is 0 Å². The molecule has 30 heavy (non-hydrogen) atoms. The molecule has 0 aliphatic rings. The third kappa shape index (κ3) is 6.78.